The van der Waals surface area contributed by atoms with Gasteiger partial charge in [-0.1, -0.05) is 28.1 Å². The van der Waals surface area contributed by atoms with Gasteiger partial charge in [-0.2, -0.15) is 0 Å². The number of aromatic nitrogens is 1. The number of nitrogens with one attached hydrogen (secondary N) is 1. The number of nitrogens with zero attached hydrogens (tertiary/aromatic N) is 1. The molecule has 26 heavy (non-hydrogen) atoms. The molecular weight excluding hydrogens is 422 g/mol. The Morgan fingerprint density at radius 1 is 1.15 bits per heavy atom. The van der Waals surface area contributed by atoms with Gasteiger partial charge in [0.05, 0.1) is 17.0 Å². The predicted molar refractivity (Wildman–Crippen MR) is 103 cm³/mol. The van der Waals surface area contributed by atoms with Crippen molar-refractivity contribution in [3.63, 3.8) is 0 Å². The van der Waals surface area contributed by atoms with Gasteiger partial charge in [0.1, 0.15) is 0 Å². The van der Waals surface area contributed by atoms with E-state index < -0.39 is 10.0 Å². The van der Waals surface area contributed by atoms with Crippen LogP contribution in [-0.4, -0.2) is 24.7 Å². The molecule has 134 valence electrons. The minimum atomic E-state index is -3.73. The number of halogens is 1. The van der Waals surface area contributed by atoms with Gasteiger partial charge in [-0.25, -0.2) is 13.6 Å². The highest BCUT2D eigenvalue weighted by molar-refractivity contribution is 9.10. The minimum Gasteiger partial charge on any atom is -0.494 e. The number of hydrogen-bond donors (Lipinski definition) is 3. The molecule has 3 aromatic rings. The number of sulfonamides is 1. The fourth-order valence-electron chi connectivity index (χ4n) is 2.46. The maximum atomic E-state index is 11.9. The number of aromatic amines is 1. The molecule has 0 unspecified atom stereocenters. The zero-order valence-corrected chi connectivity index (χ0v) is 15.7. The van der Waals surface area contributed by atoms with Crippen LogP contribution >= 0.6 is 15.9 Å². The lowest BCUT2D eigenvalue weighted by Gasteiger charge is -2.05. The first-order chi connectivity index (χ1) is 12.3. The van der Waals surface area contributed by atoms with Gasteiger partial charge in [0, 0.05) is 21.5 Å². The first kappa shape index (κ1) is 18.3. The summed E-state index contributed by atoms with van der Waals surface area (Å²) in [5.74, 6) is -0.270. The van der Waals surface area contributed by atoms with Crippen molar-refractivity contribution in [1.82, 2.24) is 4.98 Å². The second-order valence-corrected chi connectivity index (χ2v) is 8.04. The molecule has 0 aliphatic heterocycles. The lowest BCUT2D eigenvalue weighted by atomic mass is 10.1. The number of nitrogens with two attached hydrogens (primary N) is 1. The van der Waals surface area contributed by atoms with Crippen molar-refractivity contribution in [3.8, 4) is 5.88 Å². The van der Waals surface area contributed by atoms with Crippen molar-refractivity contribution in [3.05, 3.63) is 68.4 Å². The summed E-state index contributed by atoms with van der Waals surface area (Å²) in [5, 5.41) is 16.1. The molecule has 0 aliphatic carbocycles. The Morgan fingerprint density at radius 3 is 2.50 bits per heavy atom. The molecule has 1 aromatic heterocycles. The molecule has 0 radical (unpaired) electrons. The van der Waals surface area contributed by atoms with Gasteiger partial charge in [-0.05, 0) is 35.9 Å². The highest BCUT2D eigenvalue weighted by Crippen LogP contribution is 2.24. The van der Waals surface area contributed by atoms with Gasteiger partial charge in [0.15, 0.2) is 0 Å². The number of aliphatic imine (C=N–C) groups is 1. The minimum absolute atomic E-state index is 0.0272. The monoisotopic (exact) mass is 435 g/mol. The Kier molecular flexibility index (Phi) is 4.94. The van der Waals surface area contributed by atoms with Gasteiger partial charge in [0.25, 0.3) is 5.56 Å². The van der Waals surface area contributed by atoms with Crippen molar-refractivity contribution in [2.75, 3.05) is 0 Å². The maximum Gasteiger partial charge on any atom is 0.258 e. The molecule has 7 nitrogen and oxygen atoms in total. The number of pyridine rings is 1. The predicted octanol–water partition coefficient (Wildman–Crippen LogP) is 2.26. The van der Waals surface area contributed by atoms with Gasteiger partial charge in [-0.15, -0.1) is 0 Å². The summed E-state index contributed by atoms with van der Waals surface area (Å²) in [6, 6.07) is 11.2. The van der Waals surface area contributed by atoms with Gasteiger partial charge < -0.3 is 5.11 Å². The van der Waals surface area contributed by atoms with Crippen LogP contribution in [0.1, 0.15) is 11.1 Å². The lowest BCUT2D eigenvalue weighted by molar-refractivity contribution is 0.452. The standard InChI is InChI=1S/C17H14BrN3O4S/c18-11-3-6-13-14(7-11)15(17(23)21-16(13)22)9-20-8-10-1-4-12(5-2-10)26(19,24)25/h1-7,9H,8H2,(H2,19,24,25)(H2,21,22,23). The molecule has 0 saturated carbocycles. The average molecular weight is 436 g/mol. The topological polar surface area (TPSA) is 126 Å². The zero-order chi connectivity index (χ0) is 18.9. The summed E-state index contributed by atoms with van der Waals surface area (Å²) in [5.41, 5.74) is 0.769. The van der Waals surface area contributed by atoms with E-state index in [9.17, 15) is 18.3 Å². The smallest absolute Gasteiger partial charge is 0.258 e. The van der Waals surface area contributed by atoms with Gasteiger partial charge in [0.2, 0.25) is 15.9 Å². The normalized spacial score (nSPS) is 12.1. The number of hydrogen-bond acceptors (Lipinski definition) is 5. The molecule has 3 rings (SSSR count). The third-order valence-corrected chi connectivity index (χ3v) is 5.17. The molecule has 4 N–H and O–H groups in total. The molecule has 0 amide bonds. The van der Waals surface area contributed by atoms with E-state index in [2.05, 4.69) is 25.9 Å². The van der Waals surface area contributed by atoms with Crippen molar-refractivity contribution >= 4 is 42.9 Å². The largest absolute Gasteiger partial charge is 0.494 e. The van der Waals surface area contributed by atoms with Crippen molar-refractivity contribution in [2.24, 2.45) is 10.1 Å². The van der Waals surface area contributed by atoms with E-state index in [0.717, 1.165) is 10.0 Å². The van der Waals surface area contributed by atoms with E-state index in [0.29, 0.717) is 16.3 Å². The third-order valence-electron chi connectivity index (χ3n) is 3.75. The Labute approximate surface area is 157 Å². The highest BCUT2D eigenvalue weighted by Gasteiger charge is 2.10. The van der Waals surface area contributed by atoms with Crippen LogP contribution in [0.2, 0.25) is 0 Å². The summed E-state index contributed by atoms with van der Waals surface area (Å²) in [7, 11) is -3.73. The molecular formula is C17H14BrN3O4S. The maximum absolute atomic E-state index is 11.9. The number of fused-ring (bicyclic) bond motifs is 1. The molecule has 9 heteroatoms. The molecule has 0 bridgehead atoms. The van der Waals surface area contributed by atoms with Crippen LogP contribution in [0.25, 0.3) is 10.8 Å². The Morgan fingerprint density at radius 2 is 1.85 bits per heavy atom. The van der Waals surface area contributed by atoms with Crippen molar-refractivity contribution in [1.29, 1.82) is 0 Å². The van der Waals surface area contributed by atoms with Gasteiger partial charge in [-0.3, -0.25) is 14.8 Å². The van der Waals surface area contributed by atoms with E-state index in [1.54, 1.807) is 30.3 Å². The molecule has 0 aliphatic rings. The first-order valence-electron chi connectivity index (χ1n) is 7.42. The third kappa shape index (κ3) is 3.85. The van der Waals surface area contributed by atoms with E-state index in [4.69, 9.17) is 5.14 Å². The van der Waals surface area contributed by atoms with Crippen LogP contribution in [-0.2, 0) is 16.6 Å². The lowest BCUT2D eigenvalue weighted by Crippen LogP contribution is -2.11. The quantitative estimate of drug-likeness (QED) is 0.543. The van der Waals surface area contributed by atoms with E-state index in [1.807, 2.05) is 0 Å². The first-order valence-corrected chi connectivity index (χ1v) is 9.76. The number of aromatic hydroxyl groups is 1. The van der Waals surface area contributed by atoms with E-state index in [-0.39, 0.29) is 22.9 Å². The Bertz CT molecular complexity index is 1170. The van der Waals surface area contributed by atoms with Crippen LogP contribution in [0.15, 0.2) is 61.6 Å². The average Bonchev–Trinajstić information content (AvgIpc) is 2.57. The number of primary sulfonamides is 1. The van der Waals surface area contributed by atoms with E-state index >= 15 is 0 Å². The Balaban J connectivity index is 1.92. The van der Waals surface area contributed by atoms with Crippen LogP contribution < -0.4 is 10.7 Å². The number of benzene rings is 2. The Hall–Kier alpha value is -2.49. The summed E-state index contributed by atoms with van der Waals surface area (Å²) in [6.45, 7) is 0.263. The van der Waals surface area contributed by atoms with Crippen molar-refractivity contribution < 1.29 is 13.5 Å². The SMILES string of the molecule is NS(=O)(=O)c1ccc(CN=Cc2c(O)[nH]c(=O)c3ccc(Br)cc23)cc1. The molecule has 0 spiro atoms. The van der Waals surface area contributed by atoms with Crippen LogP contribution in [0.3, 0.4) is 0 Å². The fraction of sp³-hybridized carbons (Fsp3) is 0.0588. The van der Waals surface area contributed by atoms with Crippen molar-refractivity contribution in [2.45, 2.75) is 11.4 Å². The number of H-pyrrole nitrogens is 1. The molecule has 1 heterocycles. The molecule has 0 atom stereocenters. The van der Waals surface area contributed by atoms with Crippen LogP contribution in [0.4, 0.5) is 0 Å². The molecule has 2 aromatic carbocycles. The summed E-state index contributed by atoms with van der Waals surface area (Å²) in [4.78, 5) is 18.6. The second kappa shape index (κ2) is 7.02. The summed E-state index contributed by atoms with van der Waals surface area (Å²) in [6.07, 6.45) is 1.47. The summed E-state index contributed by atoms with van der Waals surface area (Å²) >= 11 is 3.35. The van der Waals surface area contributed by atoms with E-state index in [1.165, 1.54) is 18.3 Å². The summed E-state index contributed by atoms with van der Waals surface area (Å²) < 4.78 is 23.3. The highest BCUT2D eigenvalue weighted by atomic mass is 79.9. The second-order valence-electron chi connectivity index (χ2n) is 5.57. The van der Waals surface area contributed by atoms with Crippen LogP contribution in [0, 0.1) is 0 Å². The zero-order valence-electron chi connectivity index (χ0n) is 13.3. The number of rotatable bonds is 4. The molecule has 0 fully saturated rings. The van der Waals surface area contributed by atoms with Crippen LogP contribution in [0.5, 0.6) is 5.88 Å². The fourth-order valence-corrected chi connectivity index (χ4v) is 3.34. The van der Waals surface area contributed by atoms with Gasteiger partial charge >= 0.3 is 0 Å². The molecule has 0 saturated heterocycles.